The zero-order valence-corrected chi connectivity index (χ0v) is 11.5. The number of hydrogen-bond donors (Lipinski definition) is 2. The van der Waals surface area contributed by atoms with E-state index in [9.17, 15) is 4.79 Å². The molecule has 0 spiro atoms. The predicted molar refractivity (Wildman–Crippen MR) is 72.1 cm³/mol. The number of fused-ring (bicyclic) bond motifs is 2. The fraction of sp³-hybridized carbons (Fsp3) is 0.933. The van der Waals surface area contributed by atoms with Crippen molar-refractivity contribution in [2.24, 2.45) is 23.7 Å². The van der Waals surface area contributed by atoms with Gasteiger partial charge >= 0.3 is 0 Å². The monoisotopic (exact) mass is 250 g/mol. The van der Waals surface area contributed by atoms with Gasteiger partial charge in [-0.1, -0.05) is 6.42 Å². The molecule has 2 aliphatic carbocycles. The van der Waals surface area contributed by atoms with Crippen LogP contribution in [-0.4, -0.2) is 25.0 Å². The number of nitrogens with one attached hydrogen (secondary N) is 2. The Balaban J connectivity index is 1.42. The van der Waals surface area contributed by atoms with Crippen LogP contribution in [0, 0.1) is 23.7 Å². The van der Waals surface area contributed by atoms with Gasteiger partial charge in [0, 0.05) is 18.5 Å². The quantitative estimate of drug-likeness (QED) is 0.803. The molecule has 0 aromatic rings. The van der Waals surface area contributed by atoms with E-state index in [1.54, 1.807) is 0 Å². The normalized spacial score (nSPS) is 43.1. The Bertz CT molecular complexity index is 310. The van der Waals surface area contributed by atoms with E-state index in [1.165, 1.54) is 32.1 Å². The molecule has 3 heteroatoms. The lowest BCUT2D eigenvalue weighted by Crippen LogP contribution is -2.43. The zero-order valence-electron chi connectivity index (χ0n) is 11.5. The largest absolute Gasteiger partial charge is 0.356 e. The Labute approximate surface area is 110 Å². The van der Waals surface area contributed by atoms with Crippen molar-refractivity contribution in [1.82, 2.24) is 10.6 Å². The molecule has 18 heavy (non-hydrogen) atoms. The van der Waals surface area contributed by atoms with E-state index in [2.05, 4.69) is 17.6 Å². The molecule has 2 N–H and O–H groups in total. The van der Waals surface area contributed by atoms with Crippen LogP contribution >= 0.6 is 0 Å². The van der Waals surface area contributed by atoms with Gasteiger partial charge < -0.3 is 10.6 Å². The SMILES string of the molecule is CC1CCC(CNC(=O)C2CC3CCC2C3)CN1. The molecule has 5 unspecified atom stereocenters. The second kappa shape index (κ2) is 5.20. The summed E-state index contributed by atoms with van der Waals surface area (Å²) in [6.07, 6.45) is 7.65. The molecule has 3 aliphatic rings. The van der Waals surface area contributed by atoms with Crippen molar-refractivity contribution >= 4 is 5.91 Å². The van der Waals surface area contributed by atoms with Crippen LogP contribution in [0.15, 0.2) is 0 Å². The van der Waals surface area contributed by atoms with E-state index in [0.717, 1.165) is 25.4 Å². The molecule has 5 atom stereocenters. The molecule has 0 aromatic carbocycles. The highest BCUT2D eigenvalue weighted by Gasteiger charge is 2.42. The van der Waals surface area contributed by atoms with Gasteiger partial charge in [0.2, 0.25) is 5.91 Å². The summed E-state index contributed by atoms with van der Waals surface area (Å²) in [5.74, 6) is 2.91. The first-order chi connectivity index (χ1) is 8.72. The summed E-state index contributed by atoms with van der Waals surface area (Å²) in [6.45, 7) is 4.19. The molecule has 3 fully saturated rings. The summed E-state index contributed by atoms with van der Waals surface area (Å²) in [7, 11) is 0. The van der Waals surface area contributed by atoms with Gasteiger partial charge in [-0.25, -0.2) is 0 Å². The van der Waals surface area contributed by atoms with Gasteiger partial charge in [-0.2, -0.15) is 0 Å². The molecular weight excluding hydrogens is 224 g/mol. The van der Waals surface area contributed by atoms with Crippen molar-refractivity contribution < 1.29 is 4.79 Å². The lowest BCUT2D eigenvalue weighted by atomic mass is 9.88. The summed E-state index contributed by atoms with van der Waals surface area (Å²) in [5.41, 5.74) is 0. The number of piperidine rings is 1. The fourth-order valence-electron chi connectivity index (χ4n) is 4.17. The second-order valence-electron chi connectivity index (χ2n) is 6.78. The molecule has 3 rings (SSSR count). The Morgan fingerprint density at radius 2 is 2.11 bits per heavy atom. The molecule has 1 saturated heterocycles. The number of amides is 1. The Morgan fingerprint density at radius 3 is 2.72 bits per heavy atom. The first-order valence-corrected chi connectivity index (χ1v) is 7.73. The Kier molecular flexibility index (Phi) is 3.60. The molecule has 1 amide bonds. The first-order valence-electron chi connectivity index (χ1n) is 7.73. The van der Waals surface area contributed by atoms with Gasteiger partial charge in [-0.05, 0) is 63.3 Å². The minimum absolute atomic E-state index is 0.347. The summed E-state index contributed by atoms with van der Waals surface area (Å²) < 4.78 is 0. The van der Waals surface area contributed by atoms with Crippen molar-refractivity contribution in [3.8, 4) is 0 Å². The minimum Gasteiger partial charge on any atom is -0.356 e. The highest BCUT2D eigenvalue weighted by molar-refractivity contribution is 5.79. The van der Waals surface area contributed by atoms with Gasteiger partial charge in [0.25, 0.3) is 0 Å². The zero-order chi connectivity index (χ0) is 12.5. The van der Waals surface area contributed by atoms with Crippen LogP contribution in [0.1, 0.15) is 45.4 Å². The maximum Gasteiger partial charge on any atom is 0.223 e. The van der Waals surface area contributed by atoms with Crippen LogP contribution in [0.3, 0.4) is 0 Å². The lowest BCUT2D eigenvalue weighted by molar-refractivity contribution is -0.126. The van der Waals surface area contributed by atoms with Crippen molar-refractivity contribution in [1.29, 1.82) is 0 Å². The summed E-state index contributed by atoms with van der Waals surface area (Å²) >= 11 is 0. The van der Waals surface area contributed by atoms with E-state index in [-0.39, 0.29) is 0 Å². The Morgan fingerprint density at radius 1 is 1.22 bits per heavy atom. The van der Waals surface area contributed by atoms with Crippen LogP contribution < -0.4 is 10.6 Å². The van der Waals surface area contributed by atoms with E-state index >= 15 is 0 Å². The molecular formula is C15H26N2O. The maximum atomic E-state index is 12.2. The third kappa shape index (κ3) is 2.56. The predicted octanol–water partition coefficient (Wildman–Crippen LogP) is 1.93. The smallest absolute Gasteiger partial charge is 0.223 e. The number of carbonyl (C=O) groups is 1. The lowest BCUT2D eigenvalue weighted by Gasteiger charge is -2.28. The summed E-state index contributed by atoms with van der Waals surface area (Å²) in [6, 6.07) is 0.655. The molecule has 0 aromatic heterocycles. The molecule has 2 saturated carbocycles. The van der Waals surface area contributed by atoms with Crippen molar-refractivity contribution in [3.05, 3.63) is 0 Å². The van der Waals surface area contributed by atoms with Crippen LogP contribution in [0.4, 0.5) is 0 Å². The van der Waals surface area contributed by atoms with Crippen molar-refractivity contribution in [2.45, 2.75) is 51.5 Å². The van der Waals surface area contributed by atoms with E-state index in [0.29, 0.717) is 29.7 Å². The third-order valence-electron chi connectivity index (χ3n) is 5.40. The maximum absolute atomic E-state index is 12.2. The average Bonchev–Trinajstić information content (AvgIpc) is 3.00. The average molecular weight is 250 g/mol. The topological polar surface area (TPSA) is 41.1 Å². The standard InChI is InChI=1S/C15H26N2O/c1-10-2-3-12(8-16-10)9-17-15(18)14-7-11-4-5-13(14)6-11/h10-14,16H,2-9H2,1H3,(H,17,18). The van der Waals surface area contributed by atoms with Gasteiger partial charge in [-0.15, -0.1) is 0 Å². The highest BCUT2D eigenvalue weighted by atomic mass is 16.1. The van der Waals surface area contributed by atoms with Crippen LogP contribution in [0.5, 0.6) is 0 Å². The number of rotatable bonds is 3. The van der Waals surface area contributed by atoms with Gasteiger partial charge in [-0.3, -0.25) is 4.79 Å². The minimum atomic E-state index is 0.347. The van der Waals surface area contributed by atoms with Crippen LogP contribution in [0.2, 0.25) is 0 Å². The highest BCUT2D eigenvalue weighted by Crippen LogP contribution is 2.48. The molecule has 3 nitrogen and oxygen atoms in total. The van der Waals surface area contributed by atoms with Crippen LogP contribution in [0.25, 0.3) is 0 Å². The van der Waals surface area contributed by atoms with E-state index in [4.69, 9.17) is 0 Å². The van der Waals surface area contributed by atoms with Gasteiger partial charge in [0.1, 0.15) is 0 Å². The van der Waals surface area contributed by atoms with Crippen molar-refractivity contribution in [2.75, 3.05) is 13.1 Å². The van der Waals surface area contributed by atoms with E-state index in [1.807, 2.05) is 0 Å². The third-order valence-corrected chi connectivity index (χ3v) is 5.40. The summed E-state index contributed by atoms with van der Waals surface area (Å²) in [5, 5.41) is 6.72. The van der Waals surface area contributed by atoms with Gasteiger partial charge in [0.05, 0.1) is 0 Å². The second-order valence-corrected chi connectivity index (χ2v) is 6.78. The summed E-state index contributed by atoms with van der Waals surface area (Å²) in [4.78, 5) is 12.2. The number of carbonyl (C=O) groups excluding carboxylic acids is 1. The van der Waals surface area contributed by atoms with Gasteiger partial charge in [0.15, 0.2) is 0 Å². The molecule has 2 bridgehead atoms. The van der Waals surface area contributed by atoms with Crippen LogP contribution in [-0.2, 0) is 4.79 Å². The van der Waals surface area contributed by atoms with E-state index < -0.39 is 0 Å². The fourth-order valence-corrected chi connectivity index (χ4v) is 4.17. The molecule has 102 valence electrons. The Hall–Kier alpha value is -0.570. The van der Waals surface area contributed by atoms with Crippen molar-refractivity contribution in [3.63, 3.8) is 0 Å². The molecule has 1 aliphatic heterocycles. The molecule has 1 heterocycles. The first kappa shape index (κ1) is 12.5. The number of hydrogen-bond acceptors (Lipinski definition) is 2. The molecule has 0 radical (unpaired) electrons.